The van der Waals surface area contributed by atoms with Crippen LogP contribution >= 0.6 is 11.3 Å². The van der Waals surface area contributed by atoms with E-state index >= 15 is 0 Å². The molecule has 2 aliphatic rings. The molecule has 142 valence electrons. The van der Waals surface area contributed by atoms with Crippen LogP contribution in [-0.2, 0) is 4.79 Å². The first-order valence-corrected chi connectivity index (χ1v) is 10.00. The van der Waals surface area contributed by atoms with Crippen LogP contribution in [0.2, 0.25) is 0 Å². The molecule has 4 heterocycles. The fourth-order valence-corrected chi connectivity index (χ4v) is 4.61. The first-order chi connectivity index (χ1) is 13.0. The number of likely N-dealkylation sites (N-methyl/N-ethyl adjacent to an activating group) is 1. The van der Waals surface area contributed by atoms with Crippen LogP contribution in [0.5, 0.6) is 0 Å². The number of piperazine rings is 1. The van der Waals surface area contributed by atoms with Crippen molar-refractivity contribution in [3.05, 3.63) is 41.3 Å². The van der Waals surface area contributed by atoms with Crippen LogP contribution in [0.3, 0.4) is 0 Å². The number of thiophene rings is 1. The molecule has 2 aliphatic heterocycles. The van der Waals surface area contributed by atoms with E-state index in [1.807, 2.05) is 23.3 Å². The molecular weight excluding hydrogens is 360 g/mol. The number of aromatic nitrogens is 2. The number of hydrogen-bond donors (Lipinski definition) is 0. The van der Waals surface area contributed by atoms with Crippen molar-refractivity contribution in [2.75, 3.05) is 38.1 Å². The molecule has 0 aliphatic carbocycles. The minimum absolute atomic E-state index is 0.0697. The summed E-state index contributed by atoms with van der Waals surface area (Å²) in [6.07, 6.45) is 3.13. The lowest BCUT2D eigenvalue weighted by Crippen LogP contribution is -2.59. The van der Waals surface area contributed by atoms with E-state index in [0.717, 1.165) is 25.6 Å². The molecular formula is C19H24N6OS. The van der Waals surface area contributed by atoms with Gasteiger partial charge in [-0.1, -0.05) is 0 Å². The molecule has 0 amide bonds. The molecule has 2 aromatic rings. The van der Waals surface area contributed by atoms with Gasteiger partial charge >= 0.3 is 0 Å². The average molecular weight is 385 g/mol. The van der Waals surface area contributed by atoms with Gasteiger partial charge in [0.2, 0.25) is 0 Å². The second-order valence-corrected chi connectivity index (χ2v) is 8.43. The number of hydrogen-bond acceptors (Lipinski definition) is 8. The van der Waals surface area contributed by atoms with Gasteiger partial charge in [-0.3, -0.25) is 4.79 Å². The summed E-state index contributed by atoms with van der Waals surface area (Å²) in [5, 5.41) is 1.33. The van der Waals surface area contributed by atoms with Crippen LogP contribution in [0, 0.1) is 6.92 Å². The molecule has 1 saturated heterocycles. The summed E-state index contributed by atoms with van der Waals surface area (Å²) in [7, 11) is 1.94. The highest BCUT2D eigenvalue weighted by Crippen LogP contribution is 2.29. The monoisotopic (exact) mass is 384 g/mol. The maximum absolute atomic E-state index is 12.5. The zero-order valence-electron chi connectivity index (χ0n) is 15.9. The number of guanidine groups is 1. The van der Waals surface area contributed by atoms with Gasteiger partial charge in [0, 0.05) is 43.8 Å². The Bertz CT molecular complexity index is 851. The van der Waals surface area contributed by atoms with Gasteiger partial charge in [0.15, 0.2) is 17.8 Å². The van der Waals surface area contributed by atoms with Gasteiger partial charge in [0.1, 0.15) is 6.33 Å². The first kappa shape index (κ1) is 17.9. The van der Waals surface area contributed by atoms with Gasteiger partial charge in [-0.25, -0.2) is 15.0 Å². The van der Waals surface area contributed by atoms with Crippen LogP contribution in [-0.4, -0.2) is 70.8 Å². The molecule has 2 atom stereocenters. The Hall–Kier alpha value is -2.48. The average Bonchev–Trinajstić information content (AvgIpc) is 3.09. The third-order valence-corrected chi connectivity index (χ3v) is 6.15. The number of rotatable bonds is 2. The highest BCUT2D eigenvalue weighted by Gasteiger charge is 2.35. The van der Waals surface area contributed by atoms with Crippen LogP contribution < -0.4 is 4.90 Å². The van der Waals surface area contributed by atoms with Crippen LogP contribution in [0.4, 0.5) is 5.00 Å². The van der Waals surface area contributed by atoms with Gasteiger partial charge < -0.3 is 14.7 Å². The van der Waals surface area contributed by atoms with Gasteiger partial charge in [0.25, 0.3) is 0 Å². The smallest absolute Gasteiger partial charge is 0.198 e. The molecule has 0 spiro atoms. The van der Waals surface area contributed by atoms with E-state index < -0.39 is 6.04 Å². The molecule has 0 radical (unpaired) electrons. The third kappa shape index (κ3) is 3.53. The fourth-order valence-electron chi connectivity index (χ4n) is 3.71. The molecule has 0 N–H and O–H groups in total. The number of carbonyl (C=O) groups excluding carboxylic acids is 1. The van der Waals surface area contributed by atoms with Gasteiger partial charge in [-0.2, -0.15) is 0 Å². The molecule has 1 unspecified atom stereocenters. The molecule has 7 nitrogen and oxygen atoms in total. The third-order valence-electron chi connectivity index (χ3n) is 5.09. The number of aryl methyl sites for hydroxylation is 1. The Balaban J connectivity index is 1.55. The number of nitrogens with zero attached hydrogens (tertiary/aromatic N) is 6. The largest absolute Gasteiger partial charge is 0.360 e. The summed E-state index contributed by atoms with van der Waals surface area (Å²) in [6.45, 7) is 7.49. The Morgan fingerprint density at radius 1 is 1.22 bits per heavy atom. The minimum Gasteiger partial charge on any atom is -0.360 e. The number of ketones is 1. The molecule has 27 heavy (non-hydrogen) atoms. The second-order valence-electron chi connectivity index (χ2n) is 7.16. The summed E-state index contributed by atoms with van der Waals surface area (Å²) in [5.74, 6) is 0.952. The first-order valence-electron chi connectivity index (χ1n) is 9.18. The number of Topliss-reactive ketones (excluding diaryl/α,β-unsaturated/α-hetero) is 1. The zero-order chi connectivity index (χ0) is 19.0. The normalized spacial score (nSPS) is 23.6. The molecule has 0 saturated carbocycles. The Labute approximate surface area is 163 Å². The number of aliphatic imine (C=N–C) groups is 1. The van der Waals surface area contributed by atoms with Crippen LogP contribution in [0.1, 0.15) is 23.5 Å². The van der Waals surface area contributed by atoms with Gasteiger partial charge in [-0.15, -0.1) is 11.3 Å². The van der Waals surface area contributed by atoms with E-state index in [0.29, 0.717) is 18.3 Å². The van der Waals surface area contributed by atoms with E-state index in [-0.39, 0.29) is 5.78 Å². The van der Waals surface area contributed by atoms with Crippen molar-refractivity contribution >= 4 is 28.1 Å². The van der Waals surface area contributed by atoms with Crippen molar-refractivity contribution in [3.8, 4) is 0 Å². The fraction of sp³-hybridized carbons (Fsp3) is 0.474. The minimum atomic E-state index is -0.538. The Kier molecular flexibility index (Phi) is 4.82. The summed E-state index contributed by atoms with van der Waals surface area (Å²) < 4.78 is 0. The zero-order valence-corrected chi connectivity index (χ0v) is 16.7. The summed E-state index contributed by atoms with van der Waals surface area (Å²) in [4.78, 5) is 33.6. The maximum Gasteiger partial charge on any atom is 0.198 e. The van der Waals surface area contributed by atoms with Gasteiger partial charge in [-0.05, 0) is 32.0 Å². The number of anilines is 1. The molecule has 8 heteroatoms. The van der Waals surface area contributed by atoms with E-state index in [4.69, 9.17) is 4.99 Å². The quantitative estimate of drug-likeness (QED) is 0.789. The van der Waals surface area contributed by atoms with Crippen molar-refractivity contribution in [2.45, 2.75) is 25.9 Å². The lowest BCUT2D eigenvalue weighted by molar-refractivity contribution is -0.121. The summed E-state index contributed by atoms with van der Waals surface area (Å²) in [5.41, 5.74) is 0.668. The van der Waals surface area contributed by atoms with E-state index in [1.54, 1.807) is 12.3 Å². The lowest BCUT2D eigenvalue weighted by Gasteiger charge is -2.45. The van der Waals surface area contributed by atoms with E-state index in [9.17, 15) is 4.79 Å². The highest BCUT2D eigenvalue weighted by molar-refractivity contribution is 7.16. The molecule has 4 rings (SSSR count). The molecule has 2 aromatic heterocycles. The maximum atomic E-state index is 12.5. The Morgan fingerprint density at radius 3 is 2.74 bits per heavy atom. The van der Waals surface area contributed by atoms with Crippen molar-refractivity contribution in [2.24, 2.45) is 4.99 Å². The van der Waals surface area contributed by atoms with Crippen molar-refractivity contribution in [1.82, 2.24) is 19.8 Å². The summed E-state index contributed by atoms with van der Waals surface area (Å²) >= 11 is 1.84. The summed E-state index contributed by atoms with van der Waals surface area (Å²) in [6, 6.07) is 5.92. The Morgan fingerprint density at radius 2 is 2.07 bits per heavy atom. The SMILES string of the molecule is Cc1ccc(N2CCN(C3=NC(c4ccncn4)C(=O)CN3C)[C@H](C)C2)s1. The lowest BCUT2D eigenvalue weighted by atomic mass is 10.1. The van der Waals surface area contributed by atoms with E-state index in [1.165, 1.54) is 16.2 Å². The standard InChI is InChI=1S/C19H24N6OS/c1-13-10-24(17-5-4-14(2)27-17)8-9-25(13)19-22-18(16(26)11-23(19)3)15-6-7-20-12-21-15/h4-7,12-13,18H,8-11H2,1-3H3/t13-,18?/m1/s1. The van der Waals surface area contributed by atoms with Crippen molar-refractivity contribution in [1.29, 1.82) is 0 Å². The van der Waals surface area contributed by atoms with Crippen molar-refractivity contribution < 1.29 is 4.79 Å². The molecule has 1 fully saturated rings. The predicted octanol–water partition coefficient (Wildman–Crippen LogP) is 1.97. The van der Waals surface area contributed by atoms with Crippen molar-refractivity contribution in [3.63, 3.8) is 0 Å². The van der Waals surface area contributed by atoms with Crippen LogP contribution in [0.25, 0.3) is 0 Å². The number of carbonyl (C=O) groups is 1. The van der Waals surface area contributed by atoms with Crippen LogP contribution in [0.15, 0.2) is 35.7 Å². The topological polar surface area (TPSA) is 64.9 Å². The predicted molar refractivity (Wildman–Crippen MR) is 107 cm³/mol. The van der Waals surface area contributed by atoms with E-state index in [2.05, 4.69) is 45.7 Å². The molecule has 0 aromatic carbocycles. The molecule has 0 bridgehead atoms. The highest BCUT2D eigenvalue weighted by atomic mass is 32.1. The second kappa shape index (κ2) is 7.26. The van der Waals surface area contributed by atoms with Gasteiger partial charge in [0.05, 0.1) is 17.2 Å².